The van der Waals surface area contributed by atoms with Crippen molar-refractivity contribution in [3.63, 3.8) is 0 Å². The first-order chi connectivity index (χ1) is 7.61. The topological polar surface area (TPSA) is 52.3 Å². The number of carbonyl (C=O) groups excluding carboxylic acids is 1. The van der Waals surface area contributed by atoms with Crippen LogP contribution in [-0.4, -0.2) is 25.5 Å². The molecule has 0 aromatic heterocycles. The molecule has 0 aromatic rings. The smallest absolute Gasteiger partial charge is 0.158 e. The number of hydrogen-bond acceptors (Lipinski definition) is 3. The molecule has 3 nitrogen and oxygen atoms in total. The molecular formula is C13H27NO2. The summed E-state index contributed by atoms with van der Waals surface area (Å²) in [4.78, 5) is 11.5. The van der Waals surface area contributed by atoms with Crippen molar-refractivity contribution in [2.75, 3.05) is 19.8 Å². The standard InChI is InChI=1S/C13H27NO2/c1-4-9-16-10-13(15)6-5-12(7-8-14)11(2)3/h11-12H,4-10,14H2,1-3H3. The Kier molecular flexibility index (Phi) is 9.54. The van der Waals surface area contributed by atoms with Gasteiger partial charge in [0.15, 0.2) is 5.78 Å². The van der Waals surface area contributed by atoms with Crippen LogP contribution in [0.2, 0.25) is 0 Å². The number of carbonyl (C=O) groups is 1. The fourth-order valence-electron chi connectivity index (χ4n) is 1.77. The average Bonchev–Trinajstić information content (AvgIpc) is 2.24. The SMILES string of the molecule is CCCOCC(=O)CCC(CCN)C(C)C. The number of hydrogen-bond donors (Lipinski definition) is 1. The van der Waals surface area contributed by atoms with E-state index in [1.54, 1.807) is 0 Å². The summed E-state index contributed by atoms with van der Waals surface area (Å²) in [6.45, 7) is 8.10. The summed E-state index contributed by atoms with van der Waals surface area (Å²) in [6, 6.07) is 0. The lowest BCUT2D eigenvalue weighted by atomic mass is 9.88. The number of ether oxygens (including phenoxy) is 1. The van der Waals surface area contributed by atoms with Gasteiger partial charge in [0.25, 0.3) is 0 Å². The van der Waals surface area contributed by atoms with Crippen LogP contribution in [-0.2, 0) is 9.53 Å². The van der Waals surface area contributed by atoms with E-state index in [0.717, 1.165) is 19.3 Å². The molecule has 3 heteroatoms. The minimum atomic E-state index is 0.219. The van der Waals surface area contributed by atoms with Crippen molar-refractivity contribution >= 4 is 5.78 Å². The van der Waals surface area contributed by atoms with Crippen LogP contribution >= 0.6 is 0 Å². The highest BCUT2D eigenvalue weighted by Crippen LogP contribution is 2.20. The highest BCUT2D eigenvalue weighted by Gasteiger charge is 2.14. The predicted octanol–water partition coefficient (Wildman–Crippen LogP) is 2.38. The lowest BCUT2D eigenvalue weighted by Crippen LogP contribution is -2.17. The van der Waals surface area contributed by atoms with Gasteiger partial charge in [0, 0.05) is 13.0 Å². The van der Waals surface area contributed by atoms with Gasteiger partial charge in [-0.2, -0.15) is 0 Å². The average molecular weight is 229 g/mol. The lowest BCUT2D eigenvalue weighted by molar-refractivity contribution is -0.123. The molecule has 1 atom stereocenters. The molecule has 0 rings (SSSR count). The Morgan fingerprint density at radius 3 is 2.50 bits per heavy atom. The maximum atomic E-state index is 11.5. The van der Waals surface area contributed by atoms with Crippen molar-refractivity contribution in [2.45, 2.75) is 46.5 Å². The predicted molar refractivity (Wildman–Crippen MR) is 67.4 cm³/mol. The molecule has 0 spiro atoms. The van der Waals surface area contributed by atoms with Crippen LogP contribution in [0.5, 0.6) is 0 Å². The van der Waals surface area contributed by atoms with Crippen molar-refractivity contribution in [1.29, 1.82) is 0 Å². The Hall–Kier alpha value is -0.410. The molecule has 0 amide bonds. The fraction of sp³-hybridized carbons (Fsp3) is 0.923. The summed E-state index contributed by atoms with van der Waals surface area (Å²) in [5, 5.41) is 0. The zero-order chi connectivity index (χ0) is 12.4. The molecule has 2 N–H and O–H groups in total. The molecule has 0 aliphatic rings. The van der Waals surface area contributed by atoms with Gasteiger partial charge in [-0.25, -0.2) is 0 Å². The van der Waals surface area contributed by atoms with Crippen molar-refractivity contribution in [3.05, 3.63) is 0 Å². The highest BCUT2D eigenvalue weighted by atomic mass is 16.5. The van der Waals surface area contributed by atoms with Gasteiger partial charge in [0.05, 0.1) is 0 Å². The maximum absolute atomic E-state index is 11.5. The Bertz CT molecular complexity index is 181. The summed E-state index contributed by atoms with van der Waals surface area (Å²) in [6.07, 6.45) is 3.56. The van der Waals surface area contributed by atoms with Crippen LogP contribution in [0.1, 0.15) is 46.5 Å². The summed E-state index contributed by atoms with van der Waals surface area (Å²) in [5.41, 5.74) is 5.56. The van der Waals surface area contributed by atoms with E-state index in [0.29, 0.717) is 31.4 Å². The fourth-order valence-corrected chi connectivity index (χ4v) is 1.77. The van der Waals surface area contributed by atoms with Gasteiger partial charge in [-0.1, -0.05) is 20.8 Å². The summed E-state index contributed by atoms with van der Waals surface area (Å²) >= 11 is 0. The van der Waals surface area contributed by atoms with Crippen LogP contribution < -0.4 is 5.73 Å². The Morgan fingerprint density at radius 2 is 2.00 bits per heavy atom. The molecule has 96 valence electrons. The molecule has 0 aliphatic heterocycles. The van der Waals surface area contributed by atoms with Gasteiger partial charge in [0.2, 0.25) is 0 Å². The summed E-state index contributed by atoms with van der Waals surface area (Å²) < 4.78 is 5.22. The Morgan fingerprint density at radius 1 is 1.31 bits per heavy atom. The molecule has 0 fully saturated rings. The first-order valence-corrected chi connectivity index (χ1v) is 6.41. The van der Waals surface area contributed by atoms with E-state index in [1.807, 2.05) is 6.92 Å². The third kappa shape index (κ3) is 7.83. The van der Waals surface area contributed by atoms with Crippen LogP contribution in [0.3, 0.4) is 0 Å². The first-order valence-electron chi connectivity index (χ1n) is 6.41. The van der Waals surface area contributed by atoms with E-state index < -0.39 is 0 Å². The van der Waals surface area contributed by atoms with Crippen LogP contribution in [0.4, 0.5) is 0 Å². The number of rotatable bonds is 10. The molecular weight excluding hydrogens is 202 g/mol. The molecule has 0 saturated heterocycles. The van der Waals surface area contributed by atoms with Gasteiger partial charge in [-0.15, -0.1) is 0 Å². The molecule has 0 aliphatic carbocycles. The van der Waals surface area contributed by atoms with Crippen LogP contribution in [0.25, 0.3) is 0 Å². The highest BCUT2D eigenvalue weighted by molar-refractivity contribution is 5.79. The summed E-state index contributed by atoms with van der Waals surface area (Å²) in [5.74, 6) is 1.39. The maximum Gasteiger partial charge on any atom is 0.158 e. The largest absolute Gasteiger partial charge is 0.374 e. The van der Waals surface area contributed by atoms with Gasteiger partial charge >= 0.3 is 0 Å². The van der Waals surface area contributed by atoms with E-state index in [-0.39, 0.29) is 12.4 Å². The number of ketones is 1. The van der Waals surface area contributed by atoms with Gasteiger partial charge < -0.3 is 10.5 Å². The monoisotopic (exact) mass is 229 g/mol. The van der Waals surface area contributed by atoms with E-state index >= 15 is 0 Å². The second-order valence-corrected chi connectivity index (χ2v) is 4.71. The molecule has 0 bridgehead atoms. The number of nitrogens with two attached hydrogens (primary N) is 1. The summed E-state index contributed by atoms with van der Waals surface area (Å²) in [7, 11) is 0. The van der Waals surface area contributed by atoms with Crippen molar-refractivity contribution in [3.8, 4) is 0 Å². The van der Waals surface area contributed by atoms with Gasteiger partial charge in [0.1, 0.15) is 6.61 Å². The van der Waals surface area contributed by atoms with Crippen molar-refractivity contribution < 1.29 is 9.53 Å². The molecule has 0 saturated carbocycles. The first kappa shape index (κ1) is 15.6. The third-order valence-corrected chi connectivity index (χ3v) is 2.89. The Labute approximate surface area is 99.7 Å². The zero-order valence-corrected chi connectivity index (χ0v) is 11.0. The van der Waals surface area contributed by atoms with Crippen molar-refractivity contribution in [2.24, 2.45) is 17.6 Å². The molecule has 0 aromatic carbocycles. The van der Waals surface area contributed by atoms with E-state index in [9.17, 15) is 4.79 Å². The van der Waals surface area contributed by atoms with E-state index in [1.165, 1.54) is 0 Å². The van der Waals surface area contributed by atoms with E-state index in [2.05, 4.69) is 13.8 Å². The minimum Gasteiger partial charge on any atom is -0.374 e. The number of Topliss-reactive ketones (excluding diaryl/α,β-unsaturated/α-hetero) is 1. The zero-order valence-electron chi connectivity index (χ0n) is 11.0. The Balaban J connectivity index is 3.69. The second kappa shape index (κ2) is 9.79. The normalized spacial score (nSPS) is 13.1. The van der Waals surface area contributed by atoms with Gasteiger partial charge in [-0.3, -0.25) is 4.79 Å². The van der Waals surface area contributed by atoms with Crippen LogP contribution in [0, 0.1) is 11.8 Å². The second-order valence-electron chi connectivity index (χ2n) is 4.71. The molecule has 0 radical (unpaired) electrons. The molecule has 0 heterocycles. The molecule has 16 heavy (non-hydrogen) atoms. The third-order valence-electron chi connectivity index (χ3n) is 2.89. The minimum absolute atomic E-state index is 0.219. The van der Waals surface area contributed by atoms with E-state index in [4.69, 9.17) is 10.5 Å². The van der Waals surface area contributed by atoms with Crippen LogP contribution in [0.15, 0.2) is 0 Å². The van der Waals surface area contributed by atoms with Crippen molar-refractivity contribution in [1.82, 2.24) is 0 Å². The molecule has 1 unspecified atom stereocenters. The van der Waals surface area contributed by atoms with Gasteiger partial charge in [-0.05, 0) is 37.6 Å². The quantitative estimate of drug-likeness (QED) is 0.585. The lowest BCUT2D eigenvalue weighted by Gasteiger charge is -2.19.